The first-order valence-corrected chi connectivity index (χ1v) is 8.07. The molecule has 4 heterocycles. The minimum absolute atomic E-state index is 0.0715. The smallest absolute Gasteiger partial charge is 0.296 e. The first-order valence-electron chi connectivity index (χ1n) is 8.07. The van der Waals surface area contributed by atoms with Crippen LogP contribution >= 0.6 is 0 Å². The monoisotopic (exact) mass is 357 g/mol. The fraction of sp³-hybridized carbons (Fsp3) is 0. The van der Waals surface area contributed by atoms with Crippen LogP contribution in [0, 0.1) is 0 Å². The molecule has 0 atom stereocenters. The number of nitrogens with one attached hydrogen (secondary N) is 1. The third-order valence-corrected chi connectivity index (χ3v) is 4.08. The molecule has 0 bridgehead atoms. The molecule has 9 nitrogen and oxygen atoms in total. The summed E-state index contributed by atoms with van der Waals surface area (Å²) in [5.74, 6) is 0.407. The van der Waals surface area contributed by atoms with Crippen LogP contribution in [0.3, 0.4) is 0 Å². The maximum atomic E-state index is 12.9. The molecule has 1 amide bonds. The lowest BCUT2D eigenvalue weighted by molar-refractivity contribution is 0.0989. The Morgan fingerprint density at radius 1 is 1.04 bits per heavy atom. The summed E-state index contributed by atoms with van der Waals surface area (Å²) in [6.45, 7) is 0. The third kappa shape index (κ3) is 2.49. The highest BCUT2D eigenvalue weighted by atomic mass is 16.5. The first kappa shape index (κ1) is 15.1. The number of fused-ring (bicyclic) bond motifs is 2. The van der Waals surface area contributed by atoms with Crippen molar-refractivity contribution < 1.29 is 9.32 Å². The average molecular weight is 357 g/mol. The quantitative estimate of drug-likeness (QED) is 0.528. The van der Waals surface area contributed by atoms with E-state index in [1.807, 2.05) is 30.3 Å². The highest BCUT2D eigenvalue weighted by molar-refractivity contribution is 6.10. The van der Waals surface area contributed by atoms with Gasteiger partial charge in [0.1, 0.15) is 12.1 Å². The van der Waals surface area contributed by atoms with Crippen LogP contribution in [0.15, 0.2) is 65.7 Å². The highest BCUT2D eigenvalue weighted by Gasteiger charge is 2.21. The van der Waals surface area contributed by atoms with Crippen molar-refractivity contribution in [2.24, 2.45) is 0 Å². The van der Waals surface area contributed by atoms with Gasteiger partial charge < -0.3 is 9.84 Å². The minimum atomic E-state index is -0.467. The molecule has 0 radical (unpaired) electrons. The van der Waals surface area contributed by atoms with Gasteiger partial charge in [-0.3, -0.25) is 4.79 Å². The Labute approximate surface area is 151 Å². The second-order valence-corrected chi connectivity index (χ2v) is 5.70. The van der Waals surface area contributed by atoms with Gasteiger partial charge in [0.25, 0.3) is 11.7 Å². The highest BCUT2D eigenvalue weighted by Crippen LogP contribution is 2.28. The van der Waals surface area contributed by atoms with Crippen molar-refractivity contribution in [2.75, 3.05) is 5.32 Å². The van der Waals surface area contributed by atoms with E-state index in [9.17, 15) is 4.79 Å². The molecule has 0 spiro atoms. The minimum Gasteiger partial charge on any atom is -0.348 e. The zero-order valence-electron chi connectivity index (χ0n) is 13.8. The molecule has 130 valence electrons. The molecule has 0 aliphatic carbocycles. The summed E-state index contributed by atoms with van der Waals surface area (Å²) >= 11 is 0. The molecule has 4 aromatic heterocycles. The van der Waals surface area contributed by atoms with E-state index in [0.717, 1.165) is 5.56 Å². The standard InChI is InChI=1S/C18H11N7O2/c26-17(14-12-7-4-8-19-15(12)24-27-14)23-16-13(11-5-2-1-3-6-11)9-20-18-21-10-22-25(16)18/h1-10H,(H,23,26). The number of carbonyl (C=O) groups excluding carboxylic acids is 1. The molecular weight excluding hydrogens is 346 g/mol. The lowest BCUT2D eigenvalue weighted by Gasteiger charge is -2.11. The number of rotatable bonds is 3. The molecule has 5 rings (SSSR count). The number of pyridine rings is 1. The van der Waals surface area contributed by atoms with Crippen molar-refractivity contribution >= 4 is 28.5 Å². The predicted octanol–water partition coefficient (Wildman–Crippen LogP) is 2.58. The maximum absolute atomic E-state index is 12.9. The number of nitrogens with zero attached hydrogens (tertiary/aromatic N) is 6. The number of amides is 1. The number of benzene rings is 1. The molecule has 5 aromatic rings. The summed E-state index contributed by atoms with van der Waals surface area (Å²) in [5, 5.41) is 11.4. The van der Waals surface area contributed by atoms with Gasteiger partial charge in [-0.25, -0.2) is 9.97 Å². The van der Waals surface area contributed by atoms with E-state index in [4.69, 9.17) is 4.52 Å². The van der Waals surface area contributed by atoms with Gasteiger partial charge in [-0.05, 0) is 17.7 Å². The van der Waals surface area contributed by atoms with E-state index in [1.165, 1.54) is 10.8 Å². The topological polar surface area (TPSA) is 111 Å². The second-order valence-electron chi connectivity index (χ2n) is 5.70. The van der Waals surface area contributed by atoms with Crippen LogP contribution in [-0.4, -0.2) is 35.6 Å². The molecule has 0 saturated heterocycles. The molecule has 0 saturated carbocycles. The molecular formula is C18H11N7O2. The molecule has 27 heavy (non-hydrogen) atoms. The van der Waals surface area contributed by atoms with Gasteiger partial charge in [0.15, 0.2) is 0 Å². The SMILES string of the molecule is O=C(Nc1c(-c2ccccc2)cnc2ncnn12)c1onc2ncccc12. The van der Waals surface area contributed by atoms with Crippen LogP contribution in [-0.2, 0) is 0 Å². The normalized spacial score (nSPS) is 11.1. The first-order chi connectivity index (χ1) is 13.3. The Morgan fingerprint density at radius 2 is 1.93 bits per heavy atom. The fourth-order valence-electron chi connectivity index (χ4n) is 2.84. The molecule has 0 unspecified atom stereocenters. The maximum Gasteiger partial charge on any atom is 0.296 e. The Kier molecular flexibility index (Phi) is 3.36. The number of aromatic nitrogens is 6. The van der Waals surface area contributed by atoms with Crippen molar-refractivity contribution in [3.8, 4) is 11.1 Å². The Morgan fingerprint density at radius 3 is 2.81 bits per heavy atom. The van der Waals surface area contributed by atoms with Crippen LogP contribution in [0.25, 0.3) is 27.9 Å². The van der Waals surface area contributed by atoms with Crippen molar-refractivity contribution in [3.05, 3.63) is 66.9 Å². The van der Waals surface area contributed by atoms with Crippen LogP contribution < -0.4 is 5.32 Å². The van der Waals surface area contributed by atoms with E-state index in [0.29, 0.717) is 28.2 Å². The van der Waals surface area contributed by atoms with Gasteiger partial charge in [0.2, 0.25) is 11.4 Å². The van der Waals surface area contributed by atoms with Crippen LogP contribution in [0.5, 0.6) is 0 Å². The van der Waals surface area contributed by atoms with Gasteiger partial charge in [-0.1, -0.05) is 35.5 Å². The van der Waals surface area contributed by atoms with Crippen molar-refractivity contribution in [1.82, 2.24) is 29.7 Å². The predicted molar refractivity (Wildman–Crippen MR) is 96.0 cm³/mol. The van der Waals surface area contributed by atoms with Gasteiger partial charge >= 0.3 is 0 Å². The van der Waals surface area contributed by atoms with E-state index in [-0.39, 0.29) is 5.76 Å². The fourth-order valence-corrected chi connectivity index (χ4v) is 2.84. The zero-order valence-corrected chi connectivity index (χ0v) is 13.8. The molecule has 9 heteroatoms. The summed E-state index contributed by atoms with van der Waals surface area (Å²) in [4.78, 5) is 25.3. The van der Waals surface area contributed by atoms with Crippen molar-refractivity contribution in [1.29, 1.82) is 0 Å². The number of hydrogen-bond acceptors (Lipinski definition) is 7. The summed E-state index contributed by atoms with van der Waals surface area (Å²) in [6.07, 6.45) is 4.61. The second kappa shape index (κ2) is 5.99. The van der Waals surface area contributed by atoms with E-state index in [1.54, 1.807) is 24.5 Å². The van der Waals surface area contributed by atoms with Crippen molar-refractivity contribution in [3.63, 3.8) is 0 Å². The zero-order chi connectivity index (χ0) is 18.2. The summed E-state index contributed by atoms with van der Waals surface area (Å²) in [5.41, 5.74) is 1.94. The number of anilines is 1. The summed E-state index contributed by atoms with van der Waals surface area (Å²) < 4.78 is 6.67. The molecule has 0 aliphatic heterocycles. The number of carbonyl (C=O) groups is 1. The number of hydrogen-bond donors (Lipinski definition) is 1. The molecule has 0 fully saturated rings. The Balaban J connectivity index is 1.64. The van der Waals surface area contributed by atoms with Crippen LogP contribution in [0.1, 0.15) is 10.6 Å². The Hall–Kier alpha value is -4.14. The van der Waals surface area contributed by atoms with E-state index in [2.05, 4.69) is 30.5 Å². The van der Waals surface area contributed by atoms with E-state index < -0.39 is 5.91 Å². The van der Waals surface area contributed by atoms with Crippen LogP contribution in [0.4, 0.5) is 5.82 Å². The largest absolute Gasteiger partial charge is 0.348 e. The van der Waals surface area contributed by atoms with Gasteiger partial charge in [0, 0.05) is 18.0 Å². The molecule has 0 aliphatic rings. The third-order valence-electron chi connectivity index (χ3n) is 4.08. The lowest BCUT2D eigenvalue weighted by atomic mass is 10.1. The van der Waals surface area contributed by atoms with Gasteiger partial charge in [0.05, 0.1) is 5.39 Å². The lowest BCUT2D eigenvalue weighted by Crippen LogP contribution is -2.16. The van der Waals surface area contributed by atoms with Crippen LogP contribution in [0.2, 0.25) is 0 Å². The molecule has 1 N–H and O–H groups in total. The Bertz CT molecular complexity index is 1280. The summed E-state index contributed by atoms with van der Waals surface area (Å²) in [6, 6.07) is 13.0. The average Bonchev–Trinajstić information content (AvgIpc) is 3.36. The summed E-state index contributed by atoms with van der Waals surface area (Å²) in [7, 11) is 0. The van der Waals surface area contributed by atoms with Crippen molar-refractivity contribution in [2.45, 2.75) is 0 Å². The molecule has 1 aromatic carbocycles. The van der Waals surface area contributed by atoms with Gasteiger partial charge in [-0.2, -0.15) is 14.6 Å². The van der Waals surface area contributed by atoms with E-state index >= 15 is 0 Å². The van der Waals surface area contributed by atoms with Gasteiger partial charge in [-0.15, -0.1) is 0 Å².